The van der Waals surface area contributed by atoms with Gasteiger partial charge >= 0.3 is 0 Å². The van der Waals surface area contributed by atoms with E-state index in [0.717, 1.165) is 27.8 Å². The second kappa shape index (κ2) is 10.2. The first kappa shape index (κ1) is 23.2. The summed E-state index contributed by atoms with van der Waals surface area (Å²) in [5.74, 6) is -1.62. The van der Waals surface area contributed by atoms with E-state index in [-0.39, 0.29) is 27.7 Å². The van der Waals surface area contributed by atoms with E-state index in [1.165, 1.54) is 36.4 Å². The highest BCUT2D eigenvalue weighted by Gasteiger charge is 2.28. The summed E-state index contributed by atoms with van der Waals surface area (Å²) in [6, 6.07) is 14.2. The first-order valence-electron chi connectivity index (χ1n) is 9.42. The number of halogens is 1. The number of sulfonamides is 1. The fourth-order valence-corrected chi connectivity index (χ4v) is 5.34. The van der Waals surface area contributed by atoms with Crippen LogP contribution in [0.4, 0.5) is 15.8 Å². The zero-order chi connectivity index (χ0) is 23.1. The Kier molecular flexibility index (Phi) is 7.39. The predicted molar refractivity (Wildman–Crippen MR) is 123 cm³/mol. The van der Waals surface area contributed by atoms with Gasteiger partial charge in [0.05, 0.1) is 16.9 Å². The molecule has 0 spiro atoms. The average Bonchev–Trinajstić information content (AvgIpc) is 3.33. The lowest BCUT2D eigenvalue weighted by atomic mass is 10.1. The minimum Gasteiger partial charge on any atom is -0.349 e. The quantitative estimate of drug-likeness (QED) is 0.464. The Morgan fingerprint density at radius 3 is 2.44 bits per heavy atom. The van der Waals surface area contributed by atoms with Crippen molar-refractivity contribution in [2.24, 2.45) is 0 Å². The number of hydrogen-bond acceptors (Lipinski definition) is 5. The molecule has 1 heterocycles. The number of hydrogen-bond donors (Lipinski definition) is 2. The van der Waals surface area contributed by atoms with Gasteiger partial charge in [-0.1, -0.05) is 24.3 Å². The van der Waals surface area contributed by atoms with Crippen molar-refractivity contribution in [1.29, 1.82) is 0 Å². The average molecular weight is 474 g/mol. The maximum absolute atomic E-state index is 13.4. The lowest BCUT2D eigenvalue weighted by molar-refractivity contribution is -0.114. The first-order valence-corrected chi connectivity index (χ1v) is 11.7. The minimum absolute atomic E-state index is 0.0406. The Hall–Kier alpha value is -3.50. The van der Waals surface area contributed by atoms with Crippen LogP contribution in [0.1, 0.15) is 10.4 Å². The second-order valence-corrected chi connectivity index (χ2v) is 9.55. The zero-order valence-electron chi connectivity index (χ0n) is 16.8. The molecule has 0 fully saturated rings. The molecule has 3 rings (SSSR count). The van der Waals surface area contributed by atoms with Crippen molar-refractivity contribution in [3.8, 4) is 0 Å². The minimum atomic E-state index is -4.07. The van der Waals surface area contributed by atoms with E-state index in [0.29, 0.717) is 0 Å². The number of para-hydroxylation sites is 1. The van der Waals surface area contributed by atoms with Crippen LogP contribution in [0.25, 0.3) is 0 Å². The molecule has 3 aromatic rings. The smallest absolute Gasteiger partial charge is 0.274 e. The van der Waals surface area contributed by atoms with Gasteiger partial charge in [0.15, 0.2) is 0 Å². The number of carbonyl (C=O) groups is 2. The van der Waals surface area contributed by atoms with Gasteiger partial charge in [0.25, 0.3) is 15.9 Å². The van der Waals surface area contributed by atoms with E-state index in [1.54, 1.807) is 23.6 Å². The van der Waals surface area contributed by atoms with Gasteiger partial charge in [0, 0.05) is 6.54 Å². The van der Waals surface area contributed by atoms with Crippen molar-refractivity contribution >= 4 is 44.5 Å². The molecule has 0 unspecified atom stereocenters. The van der Waals surface area contributed by atoms with Gasteiger partial charge in [-0.25, -0.2) is 12.8 Å². The van der Waals surface area contributed by atoms with Gasteiger partial charge < -0.3 is 10.6 Å². The number of benzene rings is 2. The monoisotopic (exact) mass is 473 g/mol. The van der Waals surface area contributed by atoms with E-state index in [1.807, 2.05) is 0 Å². The largest absolute Gasteiger partial charge is 0.349 e. The molecule has 2 amide bonds. The van der Waals surface area contributed by atoms with Crippen LogP contribution in [0.2, 0.25) is 0 Å². The van der Waals surface area contributed by atoms with Crippen LogP contribution in [0.5, 0.6) is 0 Å². The Morgan fingerprint density at radius 1 is 1.06 bits per heavy atom. The normalized spacial score (nSPS) is 10.9. The molecule has 0 atom stereocenters. The zero-order valence-corrected chi connectivity index (χ0v) is 18.5. The highest BCUT2D eigenvalue weighted by Crippen LogP contribution is 2.27. The third-order valence-electron chi connectivity index (χ3n) is 4.29. The van der Waals surface area contributed by atoms with E-state index in [2.05, 4.69) is 17.2 Å². The molecule has 2 N–H and O–H groups in total. The van der Waals surface area contributed by atoms with Gasteiger partial charge in [-0.05, 0) is 47.8 Å². The number of nitrogens with one attached hydrogen (secondary N) is 2. The Balaban J connectivity index is 1.88. The number of amides is 2. The summed E-state index contributed by atoms with van der Waals surface area (Å²) in [6.07, 6.45) is 1.52. The molecule has 0 saturated heterocycles. The standard InChI is InChI=1S/C22H20FN3O4S2/c1-2-13-24-22(28)18-6-3-4-7-19(18)25-20(27)15-26(17-11-9-16(23)10-12-17)32(29,30)21-8-5-14-31-21/h2-12,14H,1,13,15H2,(H,24,28)(H,25,27). The summed E-state index contributed by atoms with van der Waals surface area (Å²) in [4.78, 5) is 25.2. The molecule has 32 heavy (non-hydrogen) atoms. The molecule has 0 aliphatic heterocycles. The van der Waals surface area contributed by atoms with Crippen LogP contribution in [0.15, 0.2) is 82.9 Å². The van der Waals surface area contributed by atoms with Crippen LogP contribution in [-0.2, 0) is 14.8 Å². The van der Waals surface area contributed by atoms with E-state index in [9.17, 15) is 22.4 Å². The van der Waals surface area contributed by atoms with E-state index >= 15 is 0 Å². The number of nitrogens with zero attached hydrogens (tertiary/aromatic N) is 1. The third-order valence-corrected chi connectivity index (χ3v) is 7.44. The molecule has 7 nitrogen and oxygen atoms in total. The maximum Gasteiger partial charge on any atom is 0.274 e. The molecular weight excluding hydrogens is 453 g/mol. The number of carbonyl (C=O) groups excluding carboxylic acids is 2. The fraction of sp³-hybridized carbons (Fsp3) is 0.0909. The van der Waals surface area contributed by atoms with Crippen LogP contribution < -0.4 is 14.9 Å². The lowest BCUT2D eigenvalue weighted by Gasteiger charge is -2.23. The molecule has 0 radical (unpaired) electrons. The van der Waals surface area contributed by atoms with Gasteiger partial charge in [-0.15, -0.1) is 17.9 Å². The topological polar surface area (TPSA) is 95.6 Å². The van der Waals surface area contributed by atoms with Crippen LogP contribution in [-0.4, -0.2) is 33.3 Å². The molecular formula is C22H20FN3O4S2. The summed E-state index contributed by atoms with van der Waals surface area (Å²) in [6.45, 7) is 3.21. The predicted octanol–water partition coefficient (Wildman–Crippen LogP) is 3.64. The van der Waals surface area contributed by atoms with E-state index < -0.39 is 34.2 Å². The molecule has 0 saturated carbocycles. The van der Waals surface area contributed by atoms with Gasteiger partial charge in [0.2, 0.25) is 5.91 Å². The van der Waals surface area contributed by atoms with Crippen LogP contribution in [0.3, 0.4) is 0 Å². The van der Waals surface area contributed by atoms with Crippen molar-refractivity contribution < 1.29 is 22.4 Å². The van der Waals surface area contributed by atoms with Gasteiger partial charge in [0.1, 0.15) is 16.6 Å². The summed E-state index contributed by atoms with van der Waals surface area (Å²) < 4.78 is 40.6. The summed E-state index contributed by atoms with van der Waals surface area (Å²) in [5, 5.41) is 6.83. The third kappa shape index (κ3) is 5.40. The Bertz CT molecular complexity index is 1210. The van der Waals surface area contributed by atoms with Crippen molar-refractivity contribution in [1.82, 2.24) is 5.32 Å². The Morgan fingerprint density at radius 2 is 1.78 bits per heavy atom. The van der Waals surface area contributed by atoms with Crippen molar-refractivity contribution in [3.05, 3.63) is 90.1 Å². The fourth-order valence-electron chi connectivity index (χ4n) is 2.81. The number of rotatable bonds is 9. The van der Waals surface area contributed by atoms with E-state index in [4.69, 9.17) is 0 Å². The molecule has 1 aromatic heterocycles. The second-order valence-electron chi connectivity index (χ2n) is 6.51. The van der Waals surface area contributed by atoms with Crippen molar-refractivity contribution in [2.45, 2.75) is 4.21 Å². The van der Waals surface area contributed by atoms with Crippen molar-refractivity contribution in [2.75, 3.05) is 22.7 Å². The summed E-state index contributed by atoms with van der Waals surface area (Å²) >= 11 is 1.00. The molecule has 0 aliphatic carbocycles. The number of thiophene rings is 1. The molecule has 2 aromatic carbocycles. The summed E-state index contributed by atoms with van der Waals surface area (Å²) in [5.41, 5.74) is 0.579. The van der Waals surface area contributed by atoms with Crippen molar-refractivity contribution in [3.63, 3.8) is 0 Å². The van der Waals surface area contributed by atoms with Crippen LogP contribution >= 0.6 is 11.3 Å². The first-order chi connectivity index (χ1) is 15.3. The van der Waals surface area contributed by atoms with Crippen LogP contribution in [0, 0.1) is 5.82 Å². The molecule has 10 heteroatoms. The Labute approximate surface area is 189 Å². The highest BCUT2D eigenvalue weighted by molar-refractivity contribution is 7.94. The summed E-state index contributed by atoms with van der Waals surface area (Å²) in [7, 11) is -4.07. The maximum atomic E-state index is 13.4. The van der Waals surface area contributed by atoms with Gasteiger partial charge in [-0.3, -0.25) is 13.9 Å². The molecule has 166 valence electrons. The SMILES string of the molecule is C=CCNC(=O)c1ccccc1NC(=O)CN(c1ccc(F)cc1)S(=O)(=O)c1cccs1. The molecule has 0 aliphatic rings. The lowest BCUT2D eigenvalue weighted by Crippen LogP contribution is -2.38. The molecule has 0 bridgehead atoms. The highest BCUT2D eigenvalue weighted by atomic mass is 32.2. The number of anilines is 2. The van der Waals surface area contributed by atoms with Gasteiger partial charge in [-0.2, -0.15) is 0 Å².